The molecule has 1 aliphatic rings. The van der Waals surface area contributed by atoms with Gasteiger partial charge < -0.3 is 8.61 Å². The Bertz CT molecular complexity index is 752. The van der Waals surface area contributed by atoms with Gasteiger partial charge in [-0.1, -0.05) is 18.2 Å². The van der Waals surface area contributed by atoms with E-state index in [0.717, 1.165) is 24.8 Å². The summed E-state index contributed by atoms with van der Waals surface area (Å²) < 4.78 is 70.2. The van der Waals surface area contributed by atoms with Crippen molar-refractivity contribution in [3.8, 4) is 11.5 Å². The number of benzene rings is 1. The maximum absolute atomic E-state index is 12.5. The molecule has 2 rings (SSSR count). The maximum atomic E-state index is 12.5. The fourth-order valence-corrected chi connectivity index (χ4v) is 3.82. The molecule has 0 bridgehead atoms. The van der Waals surface area contributed by atoms with Crippen molar-refractivity contribution in [2.75, 3.05) is 0 Å². The van der Waals surface area contributed by atoms with Crippen LogP contribution in [0.5, 0.6) is 11.5 Å². The molecular weight excluding hydrogens is 373 g/mol. The van der Waals surface area contributed by atoms with Gasteiger partial charge in [0.15, 0.2) is 0 Å². The van der Waals surface area contributed by atoms with E-state index in [9.17, 15) is 21.6 Å². The van der Waals surface area contributed by atoms with Gasteiger partial charge >= 0.3 is 15.6 Å². The highest BCUT2D eigenvalue weighted by Gasteiger charge is 2.48. The molecule has 0 heterocycles. The van der Waals surface area contributed by atoms with E-state index in [1.54, 1.807) is 6.07 Å². The van der Waals surface area contributed by atoms with Gasteiger partial charge in [0.05, 0.1) is 0 Å². The molecule has 4 nitrogen and oxygen atoms in total. The summed E-state index contributed by atoms with van der Waals surface area (Å²) in [5, 5.41) is 0. The lowest BCUT2D eigenvalue weighted by molar-refractivity contribution is -0.0500. The number of halogens is 3. The second-order valence-electron chi connectivity index (χ2n) is 6.86. The number of allylic oxidation sites excluding steroid dienone is 2. The summed E-state index contributed by atoms with van der Waals surface area (Å²) in [6, 6.07) is 4.05. The Kier molecular flexibility index (Phi) is 5.58. The van der Waals surface area contributed by atoms with Crippen LogP contribution in [0.3, 0.4) is 0 Å². The van der Waals surface area contributed by atoms with Gasteiger partial charge in [-0.3, -0.25) is 0 Å². The average Bonchev–Trinajstić information content (AvgIpc) is 2.45. The van der Waals surface area contributed by atoms with Crippen molar-refractivity contribution < 1.29 is 30.2 Å². The molecule has 1 atom stereocenters. The van der Waals surface area contributed by atoms with Gasteiger partial charge in [-0.2, -0.15) is 21.6 Å². The van der Waals surface area contributed by atoms with Gasteiger partial charge in [-0.25, -0.2) is 0 Å². The van der Waals surface area contributed by atoms with E-state index < -0.39 is 29.7 Å². The minimum atomic E-state index is -5.71. The van der Waals surface area contributed by atoms with Crippen LogP contribution in [-0.2, 0) is 10.1 Å². The Morgan fingerprint density at radius 2 is 1.88 bits per heavy atom. The zero-order valence-electron chi connectivity index (χ0n) is 14.3. The number of hydrogen-bond acceptors (Lipinski definition) is 4. The lowest BCUT2D eigenvalue weighted by Crippen LogP contribution is -2.30. The van der Waals surface area contributed by atoms with E-state index in [-0.39, 0.29) is 5.92 Å². The van der Waals surface area contributed by atoms with E-state index in [4.69, 9.17) is 4.43 Å². The highest BCUT2D eigenvalue weighted by molar-refractivity contribution is 7.88. The first kappa shape index (κ1) is 19.8. The molecule has 1 unspecified atom stereocenters. The Hall–Kier alpha value is -1.48. The highest BCUT2D eigenvalue weighted by Crippen LogP contribution is 2.38. The number of alkyl halides is 3. The molecule has 0 aliphatic heterocycles. The smallest absolute Gasteiger partial charge is 0.534 e. The lowest BCUT2D eigenvalue weighted by atomic mass is 9.89. The van der Waals surface area contributed by atoms with Crippen LogP contribution in [0.15, 0.2) is 30.4 Å². The summed E-state index contributed by atoms with van der Waals surface area (Å²) >= 11 is 0. The van der Waals surface area contributed by atoms with Crippen LogP contribution in [-0.4, -0.2) is 22.2 Å². The maximum Gasteiger partial charge on any atom is 0.534 e. The molecule has 1 aliphatic carbocycles. The summed E-state index contributed by atoms with van der Waals surface area (Å²) in [6.45, 7) is 5.81. The first-order valence-corrected chi connectivity index (χ1v) is 12.7. The van der Waals surface area contributed by atoms with E-state index in [1.807, 2.05) is 25.7 Å². The highest BCUT2D eigenvalue weighted by atomic mass is 32.2. The lowest BCUT2D eigenvalue weighted by Gasteiger charge is -2.26. The first-order chi connectivity index (χ1) is 11.4. The summed E-state index contributed by atoms with van der Waals surface area (Å²) in [5.74, 6) is 0.0630. The van der Waals surface area contributed by atoms with Crippen molar-refractivity contribution in [2.24, 2.45) is 0 Å². The molecule has 0 fully saturated rings. The second kappa shape index (κ2) is 7.03. The Morgan fingerprint density at radius 1 is 1.20 bits per heavy atom. The Balaban J connectivity index is 2.40. The minimum absolute atomic E-state index is 0.0911. The van der Waals surface area contributed by atoms with Crippen molar-refractivity contribution in [1.82, 2.24) is 0 Å². The molecule has 0 spiro atoms. The van der Waals surface area contributed by atoms with Gasteiger partial charge in [0.25, 0.3) is 0 Å². The monoisotopic (exact) mass is 394 g/mol. The van der Waals surface area contributed by atoms with Crippen LogP contribution in [0, 0.1) is 0 Å². The van der Waals surface area contributed by atoms with Crippen LogP contribution < -0.4 is 8.61 Å². The molecule has 9 heteroatoms. The van der Waals surface area contributed by atoms with Crippen LogP contribution in [0.1, 0.15) is 30.7 Å². The zero-order valence-corrected chi connectivity index (χ0v) is 16.1. The van der Waals surface area contributed by atoms with Gasteiger partial charge in [-0.05, 0) is 50.5 Å². The van der Waals surface area contributed by atoms with Gasteiger partial charge in [0, 0.05) is 12.0 Å². The van der Waals surface area contributed by atoms with Gasteiger partial charge in [-0.15, -0.1) is 0 Å². The zero-order chi connectivity index (χ0) is 18.9. The number of rotatable bonds is 5. The summed E-state index contributed by atoms with van der Waals surface area (Å²) in [6.07, 6.45) is 7.01. The fourth-order valence-electron chi connectivity index (χ4n) is 2.54. The molecule has 0 saturated heterocycles. The predicted octanol–water partition coefficient (Wildman–Crippen LogP) is 4.95. The topological polar surface area (TPSA) is 52.6 Å². The third kappa shape index (κ3) is 5.24. The normalized spacial score (nSPS) is 18.9. The fraction of sp³-hybridized carbons (Fsp3) is 0.500. The molecule has 0 amide bonds. The molecule has 140 valence electrons. The molecule has 0 saturated carbocycles. The standard InChI is InChI=1S/C16H21F3O4SSi/c1-25(2,3)23-15-11-13(22-24(20,21)16(17,18)19)9-10-14(15)12-7-5-4-6-8-12/h5,7,9-12H,4,6,8H2,1-3H3. The van der Waals surface area contributed by atoms with E-state index in [2.05, 4.69) is 10.3 Å². The SMILES string of the molecule is C[Si](C)(C)Oc1cc(OS(=O)(=O)C(F)(F)F)ccc1C1C=CCCC1. The van der Waals surface area contributed by atoms with Crippen LogP contribution in [0.4, 0.5) is 13.2 Å². The van der Waals surface area contributed by atoms with Crippen molar-refractivity contribution in [3.05, 3.63) is 35.9 Å². The Labute approximate surface area is 146 Å². The van der Waals surface area contributed by atoms with Crippen molar-refractivity contribution in [1.29, 1.82) is 0 Å². The van der Waals surface area contributed by atoms with E-state index >= 15 is 0 Å². The predicted molar refractivity (Wildman–Crippen MR) is 91.8 cm³/mol. The largest absolute Gasteiger partial charge is 0.544 e. The minimum Gasteiger partial charge on any atom is -0.544 e. The third-order valence-electron chi connectivity index (χ3n) is 3.54. The molecule has 1 aromatic rings. The molecule has 0 aromatic heterocycles. The van der Waals surface area contributed by atoms with Crippen LogP contribution in [0.25, 0.3) is 0 Å². The van der Waals surface area contributed by atoms with E-state index in [0.29, 0.717) is 5.75 Å². The van der Waals surface area contributed by atoms with Crippen molar-refractivity contribution in [2.45, 2.75) is 50.3 Å². The molecule has 0 N–H and O–H groups in total. The Morgan fingerprint density at radius 3 is 2.40 bits per heavy atom. The quantitative estimate of drug-likeness (QED) is 0.307. The van der Waals surface area contributed by atoms with E-state index in [1.165, 1.54) is 12.1 Å². The number of hydrogen-bond donors (Lipinski definition) is 0. The molecule has 0 radical (unpaired) electrons. The first-order valence-electron chi connectivity index (χ1n) is 7.89. The third-order valence-corrected chi connectivity index (χ3v) is 5.36. The summed E-state index contributed by atoms with van der Waals surface area (Å²) in [7, 11) is -7.77. The van der Waals surface area contributed by atoms with Crippen molar-refractivity contribution in [3.63, 3.8) is 0 Å². The molecule has 1 aromatic carbocycles. The summed E-state index contributed by atoms with van der Waals surface area (Å²) in [5.41, 5.74) is -4.65. The van der Waals surface area contributed by atoms with Gasteiger partial charge in [0.2, 0.25) is 8.32 Å². The second-order valence-corrected chi connectivity index (χ2v) is 12.8. The summed E-state index contributed by atoms with van der Waals surface area (Å²) in [4.78, 5) is 0. The van der Waals surface area contributed by atoms with Crippen molar-refractivity contribution >= 4 is 18.4 Å². The van der Waals surface area contributed by atoms with Crippen LogP contribution in [0.2, 0.25) is 19.6 Å². The average molecular weight is 394 g/mol. The molecular formula is C16H21F3O4SSi. The van der Waals surface area contributed by atoms with Crippen LogP contribution >= 0.6 is 0 Å². The van der Waals surface area contributed by atoms with Gasteiger partial charge in [0.1, 0.15) is 11.5 Å². The molecule has 25 heavy (non-hydrogen) atoms.